The highest BCUT2D eigenvalue weighted by atomic mass is 19.1. The standard InChI is InChI=1S/C19H16FNO5/c20-15-8-6-13(7-9-15)16(22)10-11-18(24)26-12-17(23)21-19(25)14-4-2-1-3-5-14/h1-9H,10-12H2,(H,21,23,25). The quantitative estimate of drug-likeness (QED) is 0.607. The van der Waals surface area contributed by atoms with Crippen LogP contribution < -0.4 is 5.32 Å². The van der Waals surface area contributed by atoms with E-state index in [0.29, 0.717) is 5.56 Å². The Morgan fingerprint density at radius 1 is 0.846 bits per heavy atom. The van der Waals surface area contributed by atoms with Crippen LogP contribution in [0.1, 0.15) is 33.6 Å². The first kappa shape index (κ1) is 19.0. The van der Waals surface area contributed by atoms with Crippen LogP contribution in [0.5, 0.6) is 0 Å². The summed E-state index contributed by atoms with van der Waals surface area (Å²) in [5, 5.41) is 2.09. The van der Waals surface area contributed by atoms with Gasteiger partial charge >= 0.3 is 5.97 Å². The molecule has 0 radical (unpaired) electrons. The Bertz CT molecular complexity index is 802. The number of imide groups is 1. The summed E-state index contributed by atoms with van der Waals surface area (Å²) < 4.78 is 17.5. The number of rotatable bonds is 7. The minimum Gasteiger partial charge on any atom is -0.456 e. The molecule has 6 nitrogen and oxygen atoms in total. The molecule has 0 unspecified atom stereocenters. The van der Waals surface area contributed by atoms with Crippen LogP contribution in [0.3, 0.4) is 0 Å². The molecule has 2 aromatic carbocycles. The lowest BCUT2D eigenvalue weighted by Crippen LogP contribution is -2.34. The number of ether oxygens (including phenoxy) is 1. The minimum atomic E-state index is -0.767. The zero-order chi connectivity index (χ0) is 18.9. The Kier molecular flexibility index (Phi) is 6.73. The Balaban J connectivity index is 1.71. The lowest BCUT2D eigenvalue weighted by atomic mass is 10.1. The van der Waals surface area contributed by atoms with Gasteiger partial charge in [0.05, 0.1) is 6.42 Å². The van der Waals surface area contributed by atoms with Gasteiger partial charge in [-0.15, -0.1) is 0 Å². The number of nitrogens with one attached hydrogen (secondary N) is 1. The molecule has 0 saturated carbocycles. The molecule has 2 amide bonds. The molecule has 2 aromatic rings. The molecule has 0 fully saturated rings. The van der Waals surface area contributed by atoms with Gasteiger partial charge in [0.1, 0.15) is 5.82 Å². The second kappa shape index (κ2) is 9.22. The highest BCUT2D eigenvalue weighted by Crippen LogP contribution is 2.08. The molecule has 0 aliphatic rings. The molecule has 1 N–H and O–H groups in total. The van der Waals surface area contributed by atoms with Crippen LogP contribution in [0.15, 0.2) is 54.6 Å². The molecule has 134 valence electrons. The van der Waals surface area contributed by atoms with E-state index < -0.39 is 30.2 Å². The van der Waals surface area contributed by atoms with Crippen LogP contribution in [-0.4, -0.2) is 30.2 Å². The number of Topliss-reactive ketones (excluding diaryl/α,β-unsaturated/α-hetero) is 1. The largest absolute Gasteiger partial charge is 0.456 e. The molecule has 0 atom stereocenters. The summed E-state index contributed by atoms with van der Waals surface area (Å²) in [4.78, 5) is 46.8. The predicted molar refractivity (Wildman–Crippen MR) is 89.8 cm³/mol. The average Bonchev–Trinajstić information content (AvgIpc) is 2.65. The molecular formula is C19H16FNO5. The summed E-state index contributed by atoms with van der Waals surface area (Å²) in [5.74, 6) is -2.92. The fourth-order valence-corrected chi connectivity index (χ4v) is 2.04. The number of benzene rings is 2. The summed E-state index contributed by atoms with van der Waals surface area (Å²) >= 11 is 0. The van der Waals surface area contributed by atoms with Crippen molar-refractivity contribution in [3.8, 4) is 0 Å². The molecule has 0 saturated heterocycles. The minimum absolute atomic E-state index is 0.130. The summed E-state index contributed by atoms with van der Waals surface area (Å²) in [6.45, 7) is -0.623. The third-order valence-corrected chi connectivity index (χ3v) is 3.38. The molecule has 0 aliphatic carbocycles. The smallest absolute Gasteiger partial charge is 0.306 e. The Hall–Kier alpha value is -3.35. The van der Waals surface area contributed by atoms with Gasteiger partial charge in [-0.2, -0.15) is 0 Å². The van der Waals surface area contributed by atoms with Gasteiger partial charge in [0, 0.05) is 17.5 Å². The number of hydrogen-bond donors (Lipinski definition) is 1. The van der Waals surface area contributed by atoms with E-state index in [4.69, 9.17) is 4.74 Å². The van der Waals surface area contributed by atoms with Gasteiger partial charge in [-0.25, -0.2) is 4.39 Å². The first-order valence-electron chi connectivity index (χ1n) is 7.79. The predicted octanol–water partition coefficient (Wildman–Crippen LogP) is 2.29. The van der Waals surface area contributed by atoms with Crippen molar-refractivity contribution < 1.29 is 28.3 Å². The Morgan fingerprint density at radius 2 is 1.50 bits per heavy atom. The number of carbonyl (C=O) groups excluding carboxylic acids is 4. The van der Waals surface area contributed by atoms with Crippen molar-refractivity contribution in [3.05, 3.63) is 71.5 Å². The summed E-state index contributed by atoms with van der Waals surface area (Å²) in [5.41, 5.74) is 0.586. The Labute approximate surface area is 149 Å². The molecule has 0 aromatic heterocycles. The van der Waals surface area contributed by atoms with Crippen LogP contribution in [0.4, 0.5) is 4.39 Å². The van der Waals surface area contributed by atoms with E-state index >= 15 is 0 Å². The molecular weight excluding hydrogens is 341 g/mol. The van der Waals surface area contributed by atoms with E-state index in [1.807, 2.05) is 0 Å². The van der Waals surface area contributed by atoms with Crippen LogP contribution in [0.2, 0.25) is 0 Å². The van der Waals surface area contributed by atoms with Crippen molar-refractivity contribution in [3.63, 3.8) is 0 Å². The molecule has 26 heavy (non-hydrogen) atoms. The van der Waals surface area contributed by atoms with Crippen LogP contribution in [0.25, 0.3) is 0 Å². The molecule has 7 heteroatoms. The van der Waals surface area contributed by atoms with Crippen molar-refractivity contribution in [2.45, 2.75) is 12.8 Å². The van der Waals surface area contributed by atoms with Crippen molar-refractivity contribution in [2.75, 3.05) is 6.61 Å². The molecule has 0 heterocycles. The third kappa shape index (κ3) is 5.94. The number of hydrogen-bond acceptors (Lipinski definition) is 5. The summed E-state index contributed by atoms with van der Waals surface area (Å²) in [6, 6.07) is 13.1. The SMILES string of the molecule is O=C(COC(=O)CCC(=O)c1ccc(F)cc1)NC(=O)c1ccccc1. The first-order valence-corrected chi connectivity index (χ1v) is 7.79. The number of amides is 2. The number of carbonyl (C=O) groups is 4. The topological polar surface area (TPSA) is 89.5 Å². The van der Waals surface area contributed by atoms with Gasteiger partial charge in [-0.05, 0) is 36.4 Å². The van der Waals surface area contributed by atoms with E-state index in [0.717, 1.165) is 12.1 Å². The maximum atomic E-state index is 12.8. The lowest BCUT2D eigenvalue weighted by molar-refractivity contribution is -0.148. The zero-order valence-corrected chi connectivity index (χ0v) is 13.7. The highest BCUT2D eigenvalue weighted by molar-refractivity contribution is 6.05. The van der Waals surface area contributed by atoms with E-state index in [-0.39, 0.29) is 24.2 Å². The fraction of sp³-hybridized carbons (Fsp3) is 0.158. The fourth-order valence-electron chi connectivity index (χ4n) is 2.04. The van der Waals surface area contributed by atoms with Crippen molar-refractivity contribution in [1.29, 1.82) is 0 Å². The van der Waals surface area contributed by atoms with Crippen LogP contribution in [-0.2, 0) is 14.3 Å². The summed E-state index contributed by atoms with van der Waals surface area (Å²) in [7, 11) is 0. The van der Waals surface area contributed by atoms with Gasteiger partial charge in [-0.3, -0.25) is 24.5 Å². The van der Waals surface area contributed by atoms with Crippen molar-refractivity contribution in [2.24, 2.45) is 0 Å². The van der Waals surface area contributed by atoms with Gasteiger partial charge in [0.25, 0.3) is 11.8 Å². The van der Waals surface area contributed by atoms with E-state index in [9.17, 15) is 23.6 Å². The molecule has 2 rings (SSSR count). The molecule has 0 aliphatic heterocycles. The maximum Gasteiger partial charge on any atom is 0.306 e. The van der Waals surface area contributed by atoms with Gasteiger partial charge < -0.3 is 4.74 Å². The second-order valence-electron chi connectivity index (χ2n) is 5.33. The number of halogens is 1. The average molecular weight is 357 g/mol. The Morgan fingerprint density at radius 3 is 2.15 bits per heavy atom. The molecule has 0 bridgehead atoms. The normalized spacial score (nSPS) is 10.0. The second-order valence-corrected chi connectivity index (χ2v) is 5.33. The summed E-state index contributed by atoms with van der Waals surface area (Å²) in [6.07, 6.45) is -0.356. The van der Waals surface area contributed by atoms with Crippen LogP contribution in [0, 0.1) is 5.82 Å². The molecule has 0 spiro atoms. The van der Waals surface area contributed by atoms with Gasteiger partial charge in [0.2, 0.25) is 0 Å². The van der Waals surface area contributed by atoms with Crippen molar-refractivity contribution in [1.82, 2.24) is 5.32 Å². The third-order valence-electron chi connectivity index (χ3n) is 3.38. The van der Waals surface area contributed by atoms with E-state index in [1.54, 1.807) is 18.2 Å². The first-order chi connectivity index (χ1) is 12.5. The van der Waals surface area contributed by atoms with Gasteiger partial charge in [0.15, 0.2) is 12.4 Å². The van der Waals surface area contributed by atoms with E-state index in [2.05, 4.69) is 5.32 Å². The van der Waals surface area contributed by atoms with E-state index in [1.165, 1.54) is 24.3 Å². The van der Waals surface area contributed by atoms with Gasteiger partial charge in [-0.1, -0.05) is 18.2 Å². The number of ketones is 1. The maximum absolute atomic E-state index is 12.8. The van der Waals surface area contributed by atoms with Crippen LogP contribution >= 0.6 is 0 Å². The number of esters is 1. The highest BCUT2D eigenvalue weighted by Gasteiger charge is 2.14. The van der Waals surface area contributed by atoms with Crippen molar-refractivity contribution >= 4 is 23.6 Å². The zero-order valence-electron chi connectivity index (χ0n) is 13.7. The lowest BCUT2D eigenvalue weighted by Gasteiger charge is -2.06. The monoisotopic (exact) mass is 357 g/mol.